The Labute approximate surface area is 144 Å². The lowest BCUT2D eigenvalue weighted by molar-refractivity contribution is 0.0899. The summed E-state index contributed by atoms with van der Waals surface area (Å²) in [5.74, 6) is 1.06. The minimum atomic E-state index is -1.04. The summed E-state index contributed by atoms with van der Waals surface area (Å²) in [4.78, 5) is 11.4. The van der Waals surface area contributed by atoms with Gasteiger partial charge in [-0.25, -0.2) is 9.97 Å². The van der Waals surface area contributed by atoms with Crippen LogP contribution in [-0.2, 0) is 11.5 Å². The smallest absolute Gasteiger partial charge is 0.147 e. The van der Waals surface area contributed by atoms with Crippen molar-refractivity contribution in [3.63, 3.8) is 0 Å². The number of nitrogens with one attached hydrogen (secondary N) is 1. The molecule has 0 aromatic carbocycles. The monoisotopic (exact) mass is 345 g/mol. The van der Waals surface area contributed by atoms with E-state index in [-0.39, 0.29) is 0 Å². The number of rotatable bonds is 6. The Balaban J connectivity index is 1.44. The number of ether oxygens (including phenoxy) is 1. The molecule has 0 aliphatic carbocycles. The molecule has 0 saturated carbocycles. The Kier molecular flexibility index (Phi) is 3.89. The second-order valence-corrected chi connectivity index (χ2v) is 14.0. The molecule has 6 nitrogen and oxygen atoms in total. The maximum Gasteiger partial charge on any atom is 0.147 e. The summed E-state index contributed by atoms with van der Waals surface area (Å²) in [5.41, 5.74) is 1.33. The second kappa shape index (κ2) is 5.82. The van der Waals surface area contributed by atoms with Crippen LogP contribution in [0.2, 0.25) is 25.7 Å². The average Bonchev–Trinajstić information content (AvgIpc) is 2.84. The topological polar surface area (TPSA) is 55.2 Å². The molecular weight excluding hydrogens is 318 g/mol. The SMILES string of the molecule is C[Si](C)(C)CCOCn1ccc2c(N3CC4(CCN4)C3)ncnc21. The number of hydrogen-bond donors (Lipinski definition) is 1. The lowest BCUT2D eigenvalue weighted by Crippen LogP contribution is -2.76. The predicted molar refractivity (Wildman–Crippen MR) is 99.2 cm³/mol. The third kappa shape index (κ3) is 2.96. The summed E-state index contributed by atoms with van der Waals surface area (Å²) < 4.78 is 7.96. The minimum Gasteiger partial charge on any atom is -0.361 e. The zero-order chi connectivity index (χ0) is 16.8. The van der Waals surface area contributed by atoms with Crippen LogP contribution in [-0.4, -0.2) is 54.4 Å². The highest BCUT2D eigenvalue weighted by molar-refractivity contribution is 6.76. The molecule has 1 N–H and O–H groups in total. The van der Waals surface area contributed by atoms with Crippen LogP contribution in [0.4, 0.5) is 5.82 Å². The predicted octanol–water partition coefficient (Wildman–Crippen LogP) is 2.30. The van der Waals surface area contributed by atoms with Crippen molar-refractivity contribution in [2.45, 2.75) is 44.4 Å². The van der Waals surface area contributed by atoms with Crippen LogP contribution < -0.4 is 10.2 Å². The van der Waals surface area contributed by atoms with Crippen LogP contribution in [0.25, 0.3) is 11.0 Å². The second-order valence-electron chi connectivity index (χ2n) is 8.38. The van der Waals surface area contributed by atoms with Gasteiger partial charge in [0.15, 0.2) is 0 Å². The Bertz CT molecular complexity index is 726. The van der Waals surface area contributed by atoms with Crippen LogP contribution in [0.15, 0.2) is 18.6 Å². The number of aromatic nitrogens is 3. The number of fused-ring (bicyclic) bond motifs is 1. The van der Waals surface area contributed by atoms with Gasteiger partial charge in [-0.3, -0.25) is 0 Å². The number of nitrogens with zero attached hydrogens (tertiary/aromatic N) is 4. The Morgan fingerprint density at radius 3 is 2.75 bits per heavy atom. The van der Waals surface area contributed by atoms with Gasteiger partial charge < -0.3 is 19.5 Å². The van der Waals surface area contributed by atoms with Gasteiger partial charge in [-0.15, -0.1) is 0 Å². The molecule has 0 unspecified atom stereocenters. The molecule has 1 spiro atoms. The van der Waals surface area contributed by atoms with E-state index in [2.05, 4.69) is 56.7 Å². The van der Waals surface area contributed by atoms with Crippen molar-refractivity contribution in [1.82, 2.24) is 19.9 Å². The van der Waals surface area contributed by atoms with Crippen molar-refractivity contribution in [3.05, 3.63) is 18.6 Å². The van der Waals surface area contributed by atoms with Crippen molar-refractivity contribution in [2.24, 2.45) is 0 Å². The molecule has 4 rings (SSSR count). The Hall–Kier alpha value is -1.44. The van der Waals surface area contributed by atoms with Gasteiger partial charge in [-0.2, -0.15) is 0 Å². The van der Waals surface area contributed by atoms with Gasteiger partial charge in [0.25, 0.3) is 0 Å². The zero-order valence-corrected chi connectivity index (χ0v) is 15.9. The highest BCUT2D eigenvalue weighted by Gasteiger charge is 2.48. The van der Waals surface area contributed by atoms with Crippen molar-refractivity contribution in [1.29, 1.82) is 0 Å². The summed E-state index contributed by atoms with van der Waals surface area (Å²) in [6.45, 7) is 11.8. The fraction of sp³-hybridized carbons (Fsp3) is 0.647. The van der Waals surface area contributed by atoms with Gasteiger partial charge in [-0.1, -0.05) is 19.6 Å². The van der Waals surface area contributed by atoms with Gasteiger partial charge >= 0.3 is 0 Å². The fourth-order valence-corrected chi connectivity index (χ4v) is 4.23. The lowest BCUT2D eigenvalue weighted by Gasteiger charge is -2.56. The third-order valence-corrected chi connectivity index (χ3v) is 6.86. The van der Waals surface area contributed by atoms with E-state index in [4.69, 9.17) is 4.74 Å². The largest absolute Gasteiger partial charge is 0.361 e. The Morgan fingerprint density at radius 2 is 2.08 bits per heavy atom. The fourth-order valence-electron chi connectivity index (χ4n) is 3.47. The third-order valence-electron chi connectivity index (χ3n) is 5.15. The van der Waals surface area contributed by atoms with Gasteiger partial charge in [0, 0.05) is 34.0 Å². The summed E-state index contributed by atoms with van der Waals surface area (Å²) in [6.07, 6.45) is 5.02. The molecule has 2 aromatic rings. The van der Waals surface area contributed by atoms with Crippen molar-refractivity contribution in [2.75, 3.05) is 31.1 Å². The maximum absolute atomic E-state index is 5.88. The minimum absolute atomic E-state index is 0.361. The number of hydrogen-bond acceptors (Lipinski definition) is 5. The highest BCUT2D eigenvalue weighted by Crippen LogP contribution is 2.35. The molecular formula is C17H27N5OSi. The average molecular weight is 346 g/mol. The molecule has 2 aliphatic heterocycles. The molecule has 2 fully saturated rings. The van der Waals surface area contributed by atoms with E-state index in [0.717, 1.165) is 43.1 Å². The lowest BCUT2D eigenvalue weighted by atomic mass is 9.80. The van der Waals surface area contributed by atoms with E-state index in [9.17, 15) is 0 Å². The quantitative estimate of drug-likeness (QED) is 0.643. The standard InChI is InChI=1S/C17H27N5OSi/c1-24(2,3)9-8-23-13-21-7-4-14-15(21)18-12-19-16(14)22-10-17(11-22)5-6-20-17/h4,7,12,20H,5-6,8-11,13H2,1-3H3. The van der Waals surface area contributed by atoms with Crippen molar-refractivity contribution in [3.8, 4) is 0 Å². The first-order valence-electron chi connectivity index (χ1n) is 8.83. The van der Waals surface area contributed by atoms with E-state index in [1.54, 1.807) is 6.33 Å². The molecule has 7 heteroatoms. The van der Waals surface area contributed by atoms with E-state index < -0.39 is 8.07 Å². The maximum atomic E-state index is 5.88. The van der Waals surface area contributed by atoms with E-state index in [0.29, 0.717) is 12.3 Å². The normalized spacial score (nSPS) is 19.5. The van der Waals surface area contributed by atoms with E-state index in [1.165, 1.54) is 12.5 Å². The summed E-state index contributed by atoms with van der Waals surface area (Å²) in [6, 6.07) is 3.31. The van der Waals surface area contributed by atoms with Gasteiger partial charge in [-0.05, 0) is 25.1 Å². The zero-order valence-electron chi connectivity index (χ0n) is 14.9. The highest BCUT2D eigenvalue weighted by atomic mass is 28.3. The Morgan fingerprint density at radius 1 is 1.29 bits per heavy atom. The first-order chi connectivity index (χ1) is 11.5. The van der Waals surface area contributed by atoms with Crippen LogP contribution in [0, 0.1) is 0 Å². The van der Waals surface area contributed by atoms with Crippen molar-refractivity contribution < 1.29 is 4.74 Å². The van der Waals surface area contributed by atoms with Crippen LogP contribution in [0.5, 0.6) is 0 Å². The molecule has 24 heavy (non-hydrogen) atoms. The molecule has 0 bridgehead atoms. The first kappa shape index (κ1) is 16.0. The summed E-state index contributed by atoms with van der Waals surface area (Å²) in [7, 11) is -1.04. The molecule has 2 saturated heterocycles. The van der Waals surface area contributed by atoms with Gasteiger partial charge in [0.2, 0.25) is 0 Å². The van der Waals surface area contributed by atoms with Crippen LogP contribution in [0.3, 0.4) is 0 Å². The van der Waals surface area contributed by atoms with Crippen LogP contribution >= 0.6 is 0 Å². The van der Waals surface area contributed by atoms with E-state index in [1.807, 2.05) is 0 Å². The molecule has 0 radical (unpaired) electrons. The summed E-state index contributed by atoms with van der Waals surface area (Å²) >= 11 is 0. The molecule has 0 atom stereocenters. The molecule has 0 amide bonds. The molecule has 2 aliphatic rings. The molecule has 130 valence electrons. The van der Waals surface area contributed by atoms with E-state index >= 15 is 0 Å². The first-order valence-corrected chi connectivity index (χ1v) is 12.5. The molecule has 2 aromatic heterocycles. The molecule has 4 heterocycles. The van der Waals surface area contributed by atoms with Crippen LogP contribution in [0.1, 0.15) is 6.42 Å². The summed E-state index contributed by atoms with van der Waals surface area (Å²) in [5, 5.41) is 4.68. The van der Waals surface area contributed by atoms with Gasteiger partial charge in [0.05, 0.1) is 10.9 Å². The number of anilines is 1. The van der Waals surface area contributed by atoms with Gasteiger partial charge in [0.1, 0.15) is 24.5 Å². The van der Waals surface area contributed by atoms with Crippen molar-refractivity contribution >= 4 is 24.9 Å².